The number of nitrogens with zero attached hydrogens (tertiary/aromatic N) is 11. The van der Waals surface area contributed by atoms with E-state index >= 15 is 0 Å². The molecule has 4 aliphatic heterocycles. The number of piperazine rings is 2. The zero-order chi connectivity index (χ0) is 73.8. The fraction of sp³-hybridized carbons (Fsp3) is 0.500. The van der Waals surface area contributed by atoms with E-state index in [4.69, 9.17) is 23.7 Å². The highest BCUT2D eigenvalue weighted by atomic mass is 35.5. The number of piperidine rings is 2. The van der Waals surface area contributed by atoms with Gasteiger partial charge in [-0.05, 0) is 104 Å². The topological polar surface area (TPSA) is 292 Å². The van der Waals surface area contributed by atoms with Crippen LogP contribution in [0.2, 0.25) is 0 Å². The molecule has 6 fully saturated rings. The van der Waals surface area contributed by atoms with E-state index in [9.17, 15) is 34.5 Å². The van der Waals surface area contributed by atoms with Crippen LogP contribution in [-0.4, -0.2) is 193 Å². The van der Waals surface area contributed by atoms with Crippen LogP contribution in [0.15, 0.2) is 110 Å². The molecule has 6 aliphatic rings. The Morgan fingerprint density at radius 3 is 1.23 bits per heavy atom. The van der Waals surface area contributed by atoms with Crippen molar-refractivity contribution in [3.63, 3.8) is 0 Å². The standard InChI is InChI=1S/C39H49N7O5.C29H35N3O4.C10H14N4O2.ClH/c1-38(2)36(39(3,4)37(38)51-31-12-9-28(22-40)32(21-31)49-5)43-34(47)27-7-10-29(11-8-27)45-15-13-26(14-16-45)25-44-17-19-46(20-18-44)30-23-41-33(42-24-30)35(48)50-6;1-28(2)26(29(3,4)27(28)36-23-11-8-21(17-30)24(16-23)35-5)31-25(34)20-6-9-22(10-7-20)32-14-12-19(18-33)13-15-32;1-16-10(15)9-12-6-8(7-13-9)14-4-2-11-3-5-14;/h7-12,21,23-24,26,36-37H,13-20,25H2,1-6H3,(H,43,47);6-11,16,18-19,26-27H,12-15H2,1-5H3,(H,31,34);6-7,11H,2-5H2,1H3;1H. The van der Waals surface area contributed by atoms with Crippen molar-refractivity contribution in [2.45, 2.75) is 105 Å². The van der Waals surface area contributed by atoms with Crippen molar-refractivity contribution in [2.24, 2.45) is 33.5 Å². The summed E-state index contributed by atoms with van der Waals surface area (Å²) in [6, 6.07) is 30.2. The van der Waals surface area contributed by atoms with E-state index in [1.54, 1.807) is 68.3 Å². The molecule has 0 unspecified atom stereocenters. The first-order chi connectivity index (χ1) is 49.4. The summed E-state index contributed by atoms with van der Waals surface area (Å²) in [5.41, 5.74) is 4.98. The van der Waals surface area contributed by atoms with E-state index in [1.165, 1.54) is 21.3 Å². The number of halogens is 1. The number of methoxy groups -OCH3 is 4. The molecule has 0 radical (unpaired) electrons. The molecule has 4 saturated heterocycles. The molecule has 6 heterocycles. The second-order valence-electron chi connectivity index (χ2n) is 29.6. The van der Waals surface area contributed by atoms with Gasteiger partial charge in [0.15, 0.2) is 0 Å². The van der Waals surface area contributed by atoms with Crippen LogP contribution in [0.25, 0.3) is 0 Å². The average molecular weight is 1440 g/mol. The van der Waals surface area contributed by atoms with E-state index in [1.807, 2.05) is 36.4 Å². The monoisotopic (exact) mass is 1440 g/mol. The number of hydrogen-bond donors (Lipinski definition) is 3. The van der Waals surface area contributed by atoms with Gasteiger partial charge >= 0.3 is 11.9 Å². The molecule has 12 rings (SSSR count). The number of hydrogen-bond acceptors (Lipinski definition) is 23. The highest BCUT2D eigenvalue weighted by molar-refractivity contribution is 5.96. The number of nitrogens with one attached hydrogen (secondary N) is 3. The molecular formula is C78H99ClN14O11. The third-order valence-electron chi connectivity index (χ3n) is 21.4. The lowest BCUT2D eigenvalue weighted by Crippen LogP contribution is -2.74. The summed E-state index contributed by atoms with van der Waals surface area (Å²) < 4.78 is 32.7. The molecule has 2 amide bonds. The zero-order valence-corrected chi connectivity index (χ0v) is 62.6. The first-order valence-corrected chi connectivity index (χ1v) is 35.4. The van der Waals surface area contributed by atoms with Crippen LogP contribution >= 0.6 is 12.4 Å². The number of rotatable bonds is 19. The molecule has 0 spiro atoms. The molecule has 554 valence electrons. The summed E-state index contributed by atoms with van der Waals surface area (Å²) in [5.74, 6) is 1.99. The SMILES string of the molecule is COC(=O)c1ncc(N2CCN(CC3CCN(c4ccc(C(=O)NC5C(C)(C)C(Oc6ccc(C#N)c(OC)c6)C5(C)C)cc4)CC3)CC2)cn1.COC(=O)c1ncc(N2CCNCC2)cn1.COc1cc(OC2C(C)(C)C(NC(=O)c3ccc(N4CCC(C=O)CC4)cc3)C2(C)C)ccc1C#N.Cl. The number of anilines is 4. The van der Waals surface area contributed by atoms with Gasteiger partial charge in [0.25, 0.3) is 11.8 Å². The molecule has 0 bridgehead atoms. The molecule has 6 aromatic rings. The Kier molecular flexibility index (Phi) is 25.7. The van der Waals surface area contributed by atoms with E-state index < -0.39 is 11.9 Å². The van der Waals surface area contributed by atoms with Crippen LogP contribution in [0.3, 0.4) is 0 Å². The maximum atomic E-state index is 13.5. The predicted octanol–water partition coefficient (Wildman–Crippen LogP) is 9.48. The van der Waals surface area contributed by atoms with Crippen LogP contribution in [0, 0.1) is 56.2 Å². The first kappa shape index (κ1) is 78.3. The van der Waals surface area contributed by atoms with Crippen molar-refractivity contribution in [3.8, 4) is 35.1 Å². The Morgan fingerprint density at radius 2 is 0.875 bits per heavy atom. The second kappa shape index (κ2) is 34.2. The molecule has 25 nitrogen and oxygen atoms in total. The van der Waals surface area contributed by atoms with Gasteiger partial charge in [0.1, 0.15) is 53.6 Å². The van der Waals surface area contributed by atoms with Crippen LogP contribution in [-0.2, 0) is 14.3 Å². The number of amides is 2. The van der Waals surface area contributed by atoms with Gasteiger partial charge in [-0.25, -0.2) is 29.5 Å². The van der Waals surface area contributed by atoms with Crippen molar-refractivity contribution in [1.29, 1.82) is 10.5 Å². The predicted molar refractivity (Wildman–Crippen MR) is 398 cm³/mol. The molecule has 0 atom stereocenters. The van der Waals surface area contributed by atoms with Gasteiger partial charge in [0.05, 0.1) is 75.7 Å². The van der Waals surface area contributed by atoms with Crippen LogP contribution < -0.4 is 54.5 Å². The maximum absolute atomic E-state index is 13.5. The number of aromatic nitrogens is 4. The summed E-state index contributed by atoms with van der Waals surface area (Å²) in [4.78, 5) is 88.3. The minimum atomic E-state index is -0.527. The normalized spacial score (nSPS) is 20.9. The lowest BCUT2D eigenvalue weighted by atomic mass is 9.49. The van der Waals surface area contributed by atoms with Gasteiger partial charge in [-0.1, -0.05) is 55.4 Å². The van der Waals surface area contributed by atoms with Crippen molar-refractivity contribution in [3.05, 3.63) is 144 Å². The fourth-order valence-electron chi connectivity index (χ4n) is 16.1. The number of nitriles is 2. The van der Waals surface area contributed by atoms with Gasteiger partial charge in [0.2, 0.25) is 11.6 Å². The number of ether oxygens (including phenoxy) is 6. The second-order valence-corrected chi connectivity index (χ2v) is 29.6. The number of carbonyl (C=O) groups is 5. The van der Waals surface area contributed by atoms with Crippen molar-refractivity contribution in [1.82, 2.24) is 40.8 Å². The Bertz CT molecular complexity index is 3970. The Labute approximate surface area is 616 Å². The number of esters is 2. The van der Waals surface area contributed by atoms with E-state index in [-0.39, 0.29) is 87.7 Å². The Morgan fingerprint density at radius 1 is 0.510 bits per heavy atom. The smallest absolute Gasteiger partial charge is 0.376 e. The van der Waals surface area contributed by atoms with E-state index in [0.717, 1.165) is 140 Å². The summed E-state index contributed by atoms with van der Waals surface area (Å²) in [6.45, 7) is 29.2. The zero-order valence-electron chi connectivity index (χ0n) is 61.8. The molecule has 26 heteroatoms. The van der Waals surface area contributed by atoms with E-state index in [2.05, 4.69) is 145 Å². The largest absolute Gasteiger partial charge is 0.495 e. The maximum Gasteiger partial charge on any atom is 0.376 e. The molecule has 3 N–H and O–H groups in total. The van der Waals surface area contributed by atoms with E-state index in [0.29, 0.717) is 51.2 Å². The average Bonchev–Trinajstić information content (AvgIpc) is 0.714. The quantitative estimate of drug-likeness (QED) is 0.0502. The van der Waals surface area contributed by atoms with Crippen molar-refractivity contribution >= 4 is 65.2 Å². The summed E-state index contributed by atoms with van der Waals surface area (Å²) >= 11 is 0. The van der Waals surface area contributed by atoms with Crippen LogP contribution in [0.5, 0.6) is 23.0 Å². The number of carbonyl (C=O) groups excluding carboxylic acids is 5. The van der Waals surface area contributed by atoms with Crippen LogP contribution in [0.1, 0.15) is 134 Å². The van der Waals surface area contributed by atoms with Gasteiger partial charge in [-0.2, -0.15) is 10.5 Å². The summed E-state index contributed by atoms with van der Waals surface area (Å²) in [7, 11) is 5.71. The first-order valence-electron chi connectivity index (χ1n) is 35.4. The highest BCUT2D eigenvalue weighted by Gasteiger charge is 2.65. The third-order valence-corrected chi connectivity index (χ3v) is 21.4. The van der Waals surface area contributed by atoms with Gasteiger partial charge in [0, 0.05) is 159 Å². The fourth-order valence-corrected chi connectivity index (χ4v) is 16.1. The van der Waals surface area contributed by atoms with Crippen LogP contribution in [0.4, 0.5) is 22.7 Å². The number of aldehydes is 1. The molecule has 2 aliphatic carbocycles. The lowest BCUT2D eigenvalue weighted by molar-refractivity contribution is -0.164. The minimum absolute atomic E-state index is 0. The molecule has 104 heavy (non-hydrogen) atoms. The summed E-state index contributed by atoms with van der Waals surface area (Å²) in [6.07, 6.45) is 11.5. The Hall–Kier alpha value is -9.82. The molecule has 2 aromatic heterocycles. The van der Waals surface area contributed by atoms with Gasteiger partial charge < -0.3 is 68.8 Å². The lowest BCUT2D eigenvalue weighted by Gasteiger charge is -2.63. The van der Waals surface area contributed by atoms with Crippen molar-refractivity contribution in [2.75, 3.05) is 133 Å². The molecule has 4 aromatic carbocycles. The third kappa shape index (κ3) is 17.7. The highest BCUT2D eigenvalue weighted by Crippen LogP contribution is 2.57. The number of benzene rings is 4. The summed E-state index contributed by atoms with van der Waals surface area (Å²) in [5, 5.41) is 28.4. The van der Waals surface area contributed by atoms with Gasteiger partial charge in [-0.3, -0.25) is 14.5 Å². The minimum Gasteiger partial charge on any atom is -0.495 e. The van der Waals surface area contributed by atoms with Crippen molar-refractivity contribution < 1.29 is 52.4 Å². The van der Waals surface area contributed by atoms with Gasteiger partial charge in [-0.15, -0.1) is 12.4 Å². The molecule has 2 saturated carbocycles. The Balaban J connectivity index is 0.000000204. The molecular weight excluding hydrogens is 1340 g/mol.